The molecule has 1 rings (SSSR count). The summed E-state index contributed by atoms with van der Waals surface area (Å²) >= 11 is 0. The normalized spacial score (nSPS) is 12.4. The van der Waals surface area contributed by atoms with E-state index in [9.17, 15) is 13.2 Å². The lowest BCUT2D eigenvalue weighted by molar-refractivity contribution is 0.171. The van der Waals surface area contributed by atoms with Crippen molar-refractivity contribution in [2.24, 2.45) is 0 Å². The summed E-state index contributed by atoms with van der Waals surface area (Å²) in [4.78, 5) is 14.2. The zero-order chi connectivity index (χ0) is 19.4. The Balaban J connectivity index is 2.85. The Morgan fingerprint density at radius 1 is 1.12 bits per heavy atom. The number of urea groups is 1. The Kier molecular flexibility index (Phi) is 6.88. The van der Waals surface area contributed by atoms with Crippen LogP contribution in [0.15, 0.2) is 24.3 Å². The van der Waals surface area contributed by atoms with Crippen LogP contribution in [0.25, 0.3) is 0 Å². The Bertz CT molecular complexity index is 674. The molecule has 2 amide bonds. The van der Waals surface area contributed by atoms with Crippen LogP contribution in [-0.2, 0) is 16.7 Å². The molecule has 1 N–H and O–H groups in total. The molecule has 0 aromatic heterocycles. The first kappa shape index (κ1) is 21.3. The molecule has 142 valence electrons. The number of nitrogens with zero attached hydrogens (tertiary/aromatic N) is 1. The van der Waals surface area contributed by atoms with Crippen LogP contribution in [0.4, 0.5) is 4.79 Å². The summed E-state index contributed by atoms with van der Waals surface area (Å²) in [6.07, 6.45) is 0. The number of carbonyl (C=O) groups excluding carboxylic acids is 1. The van der Waals surface area contributed by atoms with Crippen LogP contribution in [0, 0.1) is 0 Å². The molecule has 0 aliphatic carbocycles. The lowest BCUT2D eigenvalue weighted by Crippen LogP contribution is -2.50. The van der Waals surface area contributed by atoms with Crippen molar-refractivity contribution in [1.29, 1.82) is 0 Å². The van der Waals surface area contributed by atoms with Crippen LogP contribution in [0.5, 0.6) is 5.75 Å². The third kappa shape index (κ3) is 6.94. The second-order valence-corrected chi connectivity index (χ2v) is 9.77. The molecule has 0 unspecified atom stereocenters. The van der Waals surface area contributed by atoms with Crippen molar-refractivity contribution in [3.63, 3.8) is 0 Å². The molecular formula is C18H30N2O4S. The molecule has 0 radical (unpaired) electrons. The average Bonchev–Trinajstić information content (AvgIpc) is 2.43. The van der Waals surface area contributed by atoms with Crippen molar-refractivity contribution in [1.82, 2.24) is 10.2 Å². The second kappa shape index (κ2) is 8.08. The van der Waals surface area contributed by atoms with Gasteiger partial charge < -0.3 is 14.4 Å². The highest BCUT2D eigenvalue weighted by atomic mass is 32.2. The van der Waals surface area contributed by atoms with Crippen molar-refractivity contribution in [3.05, 3.63) is 29.8 Å². The summed E-state index contributed by atoms with van der Waals surface area (Å²) in [5.41, 5.74) is 0.583. The highest BCUT2D eigenvalue weighted by Crippen LogP contribution is 2.18. The van der Waals surface area contributed by atoms with Crippen molar-refractivity contribution in [2.75, 3.05) is 0 Å². The first-order valence-corrected chi connectivity index (χ1v) is 9.90. The van der Waals surface area contributed by atoms with Crippen molar-refractivity contribution >= 4 is 16.1 Å². The predicted octanol–water partition coefficient (Wildman–Crippen LogP) is 3.52. The van der Waals surface area contributed by atoms with E-state index >= 15 is 0 Å². The van der Waals surface area contributed by atoms with Gasteiger partial charge in [0.05, 0.1) is 5.25 Å². The van der Waals surface area contributed by atoms with Crippen molar-refractivity contribution in [3.8, 4) is 5.75 Å². The van der Waals surface area contributed by atoms with E-state index in [0.29, 0.717) is 6.54 Å². The molecule has 0 bridgehead atoms. The summed E-state index contributed by atoms with van der Waals surface area (Å²) in [5, 5.41) is 2.35. The van der Waals surface area contributed by atoms with Gasteiger partial charge in [0.15, 0.2) is 0 Å². The minimum absolute atomic E-state index is 0.0274. The fourth-order valence-corrected chi connectivity index (χ4v) is 2.53. The van der Waals surface area contributed by atoms with Crippen LogP contribution in [-0.4, -0.2) is 36.2 Å². The van der Waals surface area contributed by atoms with Crippen LogP contribution in [0.3, 0.4) is 0 Å². The molecule has 0 aliphatic heterocycles. The Morgan fingerprint density at radius 2 is 1.64 bits per heavy atom. The van der Waals surface area contributed by atoms with Crippen LogP contribution >= 0.6 is 0 Å². The van der Waals surface area contributed by atoms with Gasteiger partial charge in [0.2, 0.25) is 0 Å². The minimum atomic E-state index is -3.61. The molecule has 0 saturated carbocycles. The molecule has 0 aliphatic rings. The molecule has 1 aromatic carbocycles. The van der Waals surface area contributed by atoms with Crippen molar-refractivity contribution in [2.45, 2.75) is 71.8 Å². The molecule has 6 nitrogen and oxygen atoms in total. The average molecular weight is 371 g/mol. The summed E-state index contributed by atoms with van der Waals surface area (Å²) < 4.78 is 28.6. The molecule has 0 spiro atoms. The number of rotatable bonds is 6. The molecule has 0 saturated heterocycles. The van der Waals surface area contributed by atoms with Gasteiger partial charge in [-0.1, -0.05) is 12.1 Å². The fraction of sp³-hybridized carbons (Fsp3) is 0.611. The van der Waals surface area contributed by atoms with Gasteiger partial charge in [0.25, 0.3) is 0 Å². The van der Waals surface area contributed by atoms with Crippen LogP contribution < -0.4 is 9.50 Å². The predicted molar refractivity (Wildman–Crippen MR) is 100 cm³/mol. The Hall–Kier alpha value is -1.76. The molecule has 1 aromatic rings. The van der Waals surface area contributed by atoms with Crippen LogP contribution in [0.1, 0.15) is 54.0 Å². The van der Waals surface area contributed by atoms with Gasteiger partial charge >= 0.3 is 16.1 Å². The van der Waals surface area contributed by atoms with Gasteiger partial charge in [-0.2, -0.15) is 8.42 Å². The van der Waals surface area contributed by atoms with Gasteiger partial charge in [-0.15, -0.1) is 0 Å². The summed E-state index contributed by atoms with van der Waals surface area (Å²) in [6.45, 7) is 13.3. The van der Waals surface area contributed by atoms with Crippen LogP contribution in [0.2, 0.25) is 0 Å². The number of benzene rings is 1. The third-order valence-electron chi connectivity index (χ3n) is 3.43. The monoisotopic (exact) mass is 370 g/mol. The smallest absolute Gasteiger partial charge is 0.318 e. The Labute approximate surface area is 151 Å². The minimum Gasteiger partial charge on any atom is -0.382 e. The van der Waals surface area contributed by atoms with E-state index in [2.05, 4.69) is 5.32 Å². The maximum Gasteiger partial charge on any atom is 0.318 e. The molecule has 25 heavy (non-hydrogen) atoms. The van der Waals surface area contributed by atoms with Gasteiger partial charge in [-0.25, -0.2) is 4.79 Å². The maximum absolute atomic E-state index is 12.4. The first-order chi connectivity index (χ1) is 11.3. The number of hydrogen-bond acceptors (Lipinski definition) is 4. The quantitative estimate of drug-likeness (QED) is 0.777. The lowest BCUT2D eigenvalue weighted by atomic mass is 10.1. The van der Waals surface area contributed by atoms with Gasteiger partial charge in [-0.3, -0.25) is 0 Å². The highest BCUT2D eigenvalue weighted by Gasteiger charge is 2.22. The van der Waals surface area contributed by atoms with E-state index in [0.717, 1.165) is 5.56 Å². The first-order valence-electron chi connectivity index (χ1n) is 8.43. The van der Waals surface area contributed by atoms with E-state index in [1.165, 1.54) is 0 Å². The topological polar surface area (TPSA) is 75.7 Å². The number of carbonyl (C=O) groups is 1. The second-order valence-electron chi connectivity index (χ2n) is 7.67. The molecular weight excluding hydrogens is 340 g/mol. The van der Waals surface area contributed by atoms with E-state index < -0.39 is 15.4 Å². The van der Waals surface area contributed by atoms with Gasteiger partial charge in [0.1, 0.15) is 5.75 Å². The lowest BCUT2D eigenvalue weighted by Gasteiger charge is -2.31. The van der Waals surface area contributed by atoms with Gasteiger partial charge in [-0.05, 0) is 66.2 Å². The summed E-state index contributed by atoms with van der Waals surface area (Å²) in [5.74, 6) is 0.271. The molecule has 0 atom stereocenters. The highest BCUT2D eigenvalue weighted by molar-refractivity contribution is 7.87. The number of hydrogen-bond donors (Lipinski definition) is 1. The van der Waals surface area contributed by atoms with Gasteiger partial charge in [0, 0.05) is 18.1 Å². The van der Waals surface area contributed by atoms with Crippen molar-refractivity contribution < 1.29 is 17.4 Å². The largest absolute Gasteiger partial charge is 0.382 e. The Morgan fingerprint density at radius 3 is 2.04 bits per heavy atom. The zero-order valence-electron chi connectivity index (χ0n) is 16.2. The third-order valence-corrected chi connectivity index (χ3v) is 5.01. The SMILES string of the molecule is CC(C)N(Cc1ccc(OS(=O)(=O)C(C)C)cc1)C(=O)NC(C)(C)C. The fourth-order valence-electron chi connectivity index (χ4n) is 1.96. The van der Waals surface area contributed by atoms with E-state index in [4.69, 9.17) is 4.18 Å². The molecule has 0 fully saturated rings. The number of amides is 2. The molecule has 0 heterocycles. The summed E-state index contributed by atoms with van der Waals surface area (Å²) in [6, 6.07) is 6.64. The zero-order valence-corrected chi connectivity index (χ0v) is 17.0. The van der Waals surface area contributed by atoms with E-state index in [1.54, 1.807) is 43.0 Å². The van der Waals surface area contributed by atoms with E-state index in [1.807, 2.05) is 34.6 Å². The molecule has 7 heteroatoms. The number of nitrogens with one attached hydrogen (secondary N) is 1. The summed E-state index contributed by atoms with van der Waals surface area (Å²) in [7, 11) is -3.61. The standard InChI is InChI=1S/C18H30N2O4S/c1-13(2)20(17(21)19-18(5,6)7)12-15-8-10-16(11-9-15)24-25(22,23)14(3)4/h8-11,13-14H,12H2,1-7H3,(H,19,21). The maximum atomic E-state index is 12.4. The van der Waals surface area contributed by atoms with E-state index in [-0.39, 0.29) is 23.4 Å².